The molecule has 9 nitrogen and oxygen atoms in total. The smallest absolute Gasteiger partial charge is 0.224 e. The van der Waals surface area contributed by atoms with Gasteiger partial charge in [-0.1, -0.05) is 19.4 Å². The number of nitrogens with one attached hydrogen (secondary N) is 3. The van der Waals surface area contributed by atoms with Gasteiger partial charge in [0.15, 0.2) is 0 Å². The zero-order valence-corrected chi connectivity index (χ0v) is 25.8. The van der Waals surface area contributed by atoms with Gasteiger partial charge in [0.2, 0.25) is 5.91 Å². The molecular weight excluding hydrogens is 581 g/mol. The lowest BCUT2D eigenvalue weighted by molar-refractivity contribution is -0.116. The number of carbonyl (C=O) groups excluding carboxylic acids is 1. The maximum Gasteiger partial charge on any atom is 0.224 e. The minimum absolute atomic E-state index is 0.0142. The number of pyridine rings is 2. The highest BCUT2D eigenvalue weighted by Gasteiger charge is 2.17. The van der Waals surface area contributed by atoms with Crippen LogP contribution < -0.4 is 10.1 Å². The van der Waals surface area contributed by atoms with Crippen molar-refractivity contribution in [2.75, 3.05) is 31.6 Å². The van der Waals surface area contributed by atoms with Crippen molar-refractivity contribution in [3.8, 4) is 39.4 Å². The van der Waals surface area contributed by atoms with E-state index in [1.165, 1.54) is 25.0 Å². The van der Waals surface area contributed by atoms with Crippen LogP contribution in [0.25, 0.3) is 55.6 Å². The molecule has 0 aliphatic carbocycles. The van der Waals surface area contributed by atoms with E-state index in [-0.39, 0.29) is 11.7 Å². The molecule has 46 heavy (non-hydrogen) atoms. The fraction of sp³-hybridized carbons (Fsp3) is 0.278. The van der Waals surface area contributed by atoms with Crippen LogP contribution in [0.1, 0.15) is 39.0 Å². The summed E-state index contributed by atoms with van der Waals surface area (Å²) in [5.41, 5.74) is 7.14. The molecule has 0 bridgehead atoms. The SMILES string of the molecule is CCCCC(=O)Nc1cncc(-c2ccc3[nH]nc(-c4cc5c(-c6cc(F)cc(OCCN7CCCC7)c6)ccnc5[nH]4)c3c2)c1. The standard InChI is InChI=1S/C36H36FN7O2/c1-2-3-6-34(45)40-27-16-25(21-38-22-27)23-7-8-32-31(18-23)35(43-42-32)33-20-30-29(9-10-39-36(30)41-33)24-15-26(37)19-28(17-24)46-14-13-44-11-4-5-12-44/h7-10,15-22H,2-6,11-14H2,1H3,(H,39,41)(H,40,45)(H,42,43). The fourth-order valence-corrected chi connectivity index (χ4v) is 6.13. The molecule has 10 heteroatoms. The molecule has 2 aromatic carbocycles. The number of carbonyl (C=O) groups is 1. The van der Waals surface area contributed by atoms with Crippen LogP contribution in [0.2, 0.25) is 0 Å². The highest BCUT2D eigenvalue weighted by Crippen LogP contribution is 2.36. The van der Waals surface area contributed by atoms with Gasteiger partial charge >= 0.3 is 0 Å². The number of hydrogen-bond acceptors (Lipinski definition) is 6. The lowest BCUT2D eigenvalue weighted by atomic mass is 10.0. The number of likely N-dealkylation sites (tertiary alicyclic amines) is 1. The highest BCUT2D eigenvalue weighted by atomic mass is 19.1. The fourth-order valence-electron chi connectivity index (χ4n) is 6.13. The summed E-state index contributed by atoms with van der Waals surface area (Å²) >= 11 is 0. The van der Waals surface area contributed by atoms with E-state index in [0.29, 0.717) is 30.1 Å². The van der Waals surface area contributed by atoms with E-state index in [1.54, 1.807) is 18.6 Å². The predicted molar refractivity (Wildman–Crippen MR) is 179 cm³/mol. The molecule has 3 N–H and O–H groups in total. The van der Waals surface area contributed by atoms with Gasteiger partial charge in [-0.25, -0.2) is 9.37 Å². The first-order valence-electron chi connectivity index (χ1n) is 15.9. The van der Waals surface area contributed by atoms with Gasteiger partial charge in [-0.2, -0.15) is 5.10 Å². The Bertz CT molecular complexity index is 2010. The quantitative estimate of drug-likeness (QED) is 0.138. The molecule has 1 amide bonds. The van der Waals surface area contributed by atoms with Gasteiger partial charge in [0, 0.05) is 47.8 Å². The third-order valence-electron chi connectivity index (χ3n) is 8.52. The first-order chi connectivity index (χ1) is 22.5. The Hall–Kier alpha value is -5.09. The molecule has 1 saturated heterocycles. The van der Waals surface area contributed by atoms with Gasteiger partial charge in [0.05, 0.1) is 23.1 Å². The van der Waals surface area contributed by atoms with Crippen LogP contribution in [-0.2, 0) is 4.79 Å². The first-order valence-corrected chi connectivity index (χ1v) is 15.9. The second-order valence-electron chi connectivity index (χ2n) is 11.8. The van der Waals surface area contributed by atoms with Crippen molar-refractivity contribution in [1.82, 2.24) is 30.0 Å². The number of hydrogen-bond donors (Lipinski definition) is 3. The van der Waals surface area contributed by atoms with E-state index in [9.17, 15) is 9.18 Å². The normalized spacial score (nSPS) is 13.5. The number of benzene rings is 2. The number of nitrogens with zero attached hydrogens (tertiary/aromatic N) is 4. The number of anilines is 1. The third-order valence-corrected chi connectivity index (χ3v) is 8.52. The van der Waals surface area contributed by atoms with Crippen LogP contribution in [0.3, 0.4) is 0 Å². The summed E-state index contributed by atoms with van der Waals surface area (Å²) in [6.45, 7) is 5.61. The summed E-state index contributed by atoms with van der Waals surface area (Å²) < 4.78 is 20.8. The van der Waals surface area contributed by atoms with Crippen LogP contribution in [0.5, 0.6) is 5.75 Å². The Labute approximate surface area is 266 Å². The topological polar surface area (TPSA) is 112 Å². The highest BCUT2D eigenvalue weighted by molar-refractivity contribution is 6.01. The molecule has 4 aromatic heterocycles. The van der Waals surface area contributed by atoms with Gasteiger partial charge in [0.25, 0.3) is 0 Å². The van der Waals surface area contributed by atoms with Crippen molar-refractivity contribution >= 4 is 33.5 Å². The van der Waals surface area contributed by atoms with E-state index in [2.05, 4.69) is 48.4 Å². The maximum atomic E-state index is 14.8. The molecule has 1 aliphatic heterocycles. The molecule has 0 unspecified atom stereocenters. The average Bonchev–Trinajstić information content (AvgIpc) is 3.83. The van der Waals surface area contributed by atoms with Crippen LogP contribution in [0.4, 0.5) is 10.1 Å². The number of rotatable bonds is 11. The van der Waals surface area contributed by atoms with Gasteiger partial charge in [-0.3, -0.25) is 19.8 Å². The van der Waals surface area contributed by atoms with Crippen molar-refractivity contribution in [2.24, 2.45) is 0 Å². The van der Waals surface area contributed by atoms with Crippen molar-refractivity contribution in [1.29, 1.82) is 0 Å². The Kier molecular flexibility index (Phi) is 8.43. The number of ether oxygens (including phenoxy) is 1. The number of halogens is 1. The van der Waals surface area contributed by atoms with Crippen LogP contribution >= 0.6 is 0 Å². The number of amides is 1. The van der Waals surface area contributed by atoms with Crippen molar-refractivity contribution < 1.29 is 13.9 Å². The van der Waals surface area contributed by atoms with Gasteiger partial charge in [0.1, 0.15) is 29.5 Å². The number of aromatic nitrogens is 5. The van der Waals surface area contributed by atoms with Crippen LogP contribution in [-0.4, -0.2) is 62.2 Å². The molecule has 0 radical (unpaired) electrons. The van der Waals surface area contributed by atoms with Gasteiger partial charge < -0.3 is 15.0 Å². The van der Waals surface area contributed by atoms with E-state index in [0.717, 1.165) is 82.4 Å². The summed E-state index contributed by atoms with van der Waals surface area (Å²) in [5, 5.41) is 12.5. The van der Waals surface area contributed by atoms with Gasteiger partial charge in [-0.05, 0) is 91.5 Å². The number of H-pyrrole nitrogens is 2. The van der Waals surface area contributed by atoms with Crippen molar-refractivity contribution in [3.05, 3.63) is 79.0 Å². The van der Waals surface area contributed by atoms with E-state index >= 15 is 0 Å². The molecule has 1 aliphatic rings. The molecule has 6 aromatic rings. The molecule has 0 atom stereocenters. The monoisotopic (exact) mass is 617 g/mol. The van der Waals surface area contributed by atoms with Crippen molar-refractivity contribution in [2.45, 2.75) is 39.0 Å². The first kappa shape index (κ1) is 29.6. The Morgan fingerprint density at radius 3 is 2.76 bits per heavy atom. The largest absolute Gasteiger partial charge is 0.492 e. The summed E-state index contributed by atoms with van der Waals surface area (Å²) in [7, 11) is 0. The molecular formula is C36H36FN7O2. The lowest BCUT2D eigenvalue weighted by Gasteiger charge is -2.15. The van der Waals surface area contributed by atoms with Crippen LogP contribution in [0.15, 0.2) is 73.2 Å². The zero-order valence-electron chi connectivity index (χ0n) is 25.8. The average molecular weight is 618 g/mol. The molecule has 234 valence electrons. The lowest BCUT2D eigenvalue weighted by Crippen LogP contribution is -2.25. The minimum atomic E-state index is -0.348. The molecule has 1 fully saturated rings. The Balaban J connectivity index is 1.17. The summed E-state index contributed by atoms with van der Waals surface area (Å²) in [6.07, 6.45) is 9.91. The molecule has 0 saturated carbocycles. The number of unbranched alkanes of at least 4 members (excludes halogenated alkanes) is 1. The van der Waals surface area contributed by atoms with E-state index < -0.39 is 0 Å². The zero-order chi connectivity index (χ0) is 31.5. The summed E-state index contributed by atoms with van der Waals surface area (Å²) in [5.74, 6) is 0.152. The van der Waals surface area contributed by atoms with Crippen LogP contribution in [0, 0.1) is 5.82 Å². The Morgan fingerprint density at radius 1 is 1.00 bits per heavy atom. The second-order valence-corrected chi connectivity index (χ2v) is 11.8. The predicted octanol–water partition coefficient (Wildman–Crippen LogP) is 7.58. The molecule has 5 heterocycles. The van der Waals surface area contributed by atoms with Crippen molar-refractivity contribution in [3.63, 3.8) is 0 Å². The number of aromatic amines is 2. The van der Waals surface area contributed by atoms with E-state index in [1.807, 2.05) is 36.4 Å². The van der Waals surface area contributed by atoms with Gasteiger partial charge in [-0.15, -0.1) is 0 Å². The minimum Gasteiger partial charge on any atom is -0.492 e. The number of fused-ring (bicyclic) bond motifs is 2. The summed E-state index contributed by atoms with van der Waals surface area (Å²) in [4.78, 5) is 27.0. The molecule has 0 spiro atoms. The second kappa shape index (κ2) is 13.1. The third kappa shape index (κ3) is 6.34. The van der Waals surface area contributed by atoms with E-state index in [4.69, 9.17) is 4.74 Å². The Morgan fingerprint density at radius 2 is 1.89 bits per heavy atom. The maximum absolute atomic E-state index is 14.8. The molecule has 7 rings (SSSR count). The summed E-state index contributed by atoms with van der Waals surface area (Å²) in [6, 6.07) is 16.7.